The fourth-order valence-corrected chi connectivity index (χ4v) is 2.62. The van der Waals surface area contributed by atoms with Gasteiger partial charge in [-0.3, -0.25) is 0 Å². The van der Waals surface area contributed by atoms with Crippen LogP contribution in [0.25, 0.3) is 0 Å². The fourth-order valence-electron chi connectivity index (χ4n) is 0.816. The Morgan fingerprint density at radius 3 is 1.69 bits per heavy atom. The molecule has 0 aliphatic rings. The van der Waals surface area contributed by atoms with Crippen molar-refractivity contribution in [1.29, 1.82) is 0 Å². The van der Waals surface area contributed by atoms with Crippen molar-refractivity contribution in [1.82, 2.24) is 0 Å². The number of hydrogen-bond acceptors (Lipinski definition) is 0. The van der Waals surface area contributed by atoms with Crippen LogP contribution in [-0.2, 0) is 0 Å². The summed E-state index contributed by atoms with van der Waals surface area (Å²) in [5.74, 6) is -16.5. The van der Waals surface area contributed by atoms with E-state index in [1.54, 1.807) is 0 Å². The lowest BCUT2D eigenvalue weighted by Gasteiger charge is -2.33. The summed E-state index contributed by atoms with van der Waals surface area (Å²) in [6, 6.07) is -1.76. The zero-order valence-electron chi connectivity index (χ0n) is 7.76. The van der Waals surface area contributed by atoms with Gasteiger partial charge in [0.2, 0.25) is 7.42 Å². The first-order valence-corrected chi connectivity index (χ1v) is 8.22. The van der Waals surface area contributed by atoms with E-state index in [4.69, 9.17) is 22.2 Å². The van der Waals surface area contributed by atoms with Gasteiger partial charge < -0.3 is 0 Å². The van der Waals surface area contributed by atoms with Crippen LogP contribution in [0.5, 0.6) is 0 Å². The van der Waals surface area contributed by atoms with Crippen LogP contribution in [0.4, 0.5) is 30.7 Å². The average Bonchev–Trinajstić information content (AvgIpc) is 2.00. The second kappa shape index (κ2) is 4.89. The van der Waals surface area contributed by atoms with Crippen molar-refractivity contribution in [3.05, 3.63) is 0 Å². The van der Waals surface area contributed by atoms with E-state index < -0.39 is 37.4 Å². The second-order valence-corrected chi connectivity index (χ2v) is 8.13. The molecule has 0 aliphatic carbocycles. The van der Waals surface area contributed by atoms with Gasteiger partial charge in [-0.15, -0.1) is 0 Å². The smallest absolute Gasteiger partial charge is 0.241 e. The molecule has 0 bridgehead atoms. The largest absolute Gasteiger partial charge is 0.374 e. The third-order valence-corrected chi connectivity index (χ3v) is 3.54. The predicted molar refractivity (Wildman–Crippen MR) is 49.1 cm³/mol. The van der Waals surface area contributed by atoms with Crippen LogP contribution in [0.1, 0.15) is 6.92 Å². The highest BCUT2D eigenvalue weighted by Gasteiger charge is 2.73. The predicted octanol–water partition coefficient (Wildman–Crippen LogP) is 3.95. The molecule has 0 amide bonds. The first-order valence-electron chi connectivity index (χ1n) is 3.92. The van der Waals surface area contributed by atoms with E-state index in [2.05, 4.69) is 0 Å². The third-order valence-electron chi connectivity index (χ3n) is 1.79. The van der Waals surface area contributed by atoms with Crippen molar-refractivity contribution in [3.8, 4) is 0 Å². The summed E-state index contributed by atoms with van der Waals surface area (Å²) in [6.45, 7) is 0.0697. The van der Waals surface area contributed by atoms with Crippen LogP contribution in [0.3, 0.4) is 0 Å². The molecule has 0 heterocycles. The molecule has 0 spiro atoms. The zero-order valence-corrected chi connectivity index (χ0v) is 10.4. The summed E-state index contributed by atoms with van der Waals surface area (Å²) < 4.78 is 88.5. The van der Waals surface area contributed by atoms with Crippen molar-refractivity contribution >= 4 is 29.6 Å². The molecule has 1 atom stereocenters. The molecule has 0 saturated carbocycles. The molecule has 0 saturated heterocycles. The molecule has 0 aliphatic heterocycles. The van der Waals surface area contributed by atoms with Gasteiger partial charge in [-0.25, -0.2) is 4.39 Å². The van der Waals surface area contributed by atoms with Crippen LogP contribution < -0.4 is 0 Å². The van der Waals surface area contributed by atoms with Gasteiger partial charge in [-0.1, -0.05) is 0 Å². The van der Waals surface area contributed by atoms with Crippen LogP contribution >= 0.6 is 22.2 Å². The Kier molecular flexibility index (Phi) is 4.99. The average molecular weight is 311 g/mol. The van der Waals surface area contributed by atoms with E-state index in [1.807, 2.05) is 0 Å². The first kappa shape index (κ1) is 16.3. The van der Waals surface area contributed by atoms with Crippen molar-refractivity contribution in [3.63, 3.8) is 0 Å². The van der Waals surface area contributed by atoms with Crippen molar-refractivity contribution < 1.29 is 30.7 Å². The van der Waals surface area contributed by atoms with E-state index in [-0.39, 0.29) is 6.92 Å². The summed E-state index contributed by atoms with van der Waals surface area (Å²) in [4.78, 5) is 0. The molecule has 98 valence electrons. The standard InChI is InChI=1S/C6H7Cl2F7Si/c1-3(9)5(12,13)6(14,15)4(10,11)2-16(7)8/h3,16H,2H2,1H3. The number of alkyl halides is 7. The van der Waals surface area contributed by atoms with Crippen LogP contribution in [0.15, 0.2) is 0 Å². The minimum absolute atomic E-state index is 0.0697. The highest BCUT2D eigenvalue weighted by molar-refractivity contribution is 7.33. The molecule has 0 aromatic rings. The maximum Gasteiger partial charge on any atom is 0.374 e. The Morgan fingerprint density at radius 2 is 1.44 bits per heavy atom. The van der Waals surface area contributed by atoms with Crippen molar-refractivity contribution in [2.75, 3.05) is 0 Å². The van der Waals surface area contributed by atoms with Crippen molar-refractivity contribution in [2.45, 2.75) is 36.9 Å². The van der Waals surface area contributed by atoms with Gasteiger partial charge in [0.25, 0.3) is 0 Å². The van der Waals surface area contributed by atoms with E-state index in [0.29, 0.717) is 0 Å². The van der Waals surface area contributed by atoms with Gasteiger partial charge >= 0.3 is 17.8 Å². The monoisotopic (exact) mass is 310 g/mol. The van der Waals surface area contributed by atoms with Crippen molar-refractivity contribution in [2.24, 2.45) is 0 Å². The van der Waals surface area contributed by atoms with E-state index in [0.717, 1.165) is 0 Å². The van der Waals surface area contributed by atoms with E-state index >= 15 is 0 Å². The normalized spacial score (nSPS) is 16.7. The van der Waals surface area contributed by atoms with E-state index in [9.17, 15) is 30.7 Å². The van der Waals surface area contributed by atoms with Crippen LogP contribution in [0, 0.1) is 0 Å². The Morgan fingerprint density at radius 1 is 1.06 bits per heavy atom. The molecule has 0 aromatic carbocycles. The lowest BCUT2D eigenvalue weighted by Crippen LogP contribution is -2.58. The van der Waals surface area contributed by atoms with Gasteiger partial charge in [0, 0.05) is 6.04 Å². The van der Waals surface area contributed by atoms with Crippen LogP contribution in [-0.4, -0.2) is 31.4 Å². The molecule has 0 rings (SSSR count). The van der Waals surface area contributed by atoms with Gasteiger partial charge in [-0.2, -0.15) is 48.5 Å². The summed E-state index contributed by atoms with van der Waals surface area (Å²) in [6.07, 6.45) is -3.42. The minimum atomic E-state index is -5.83. The Hall–Kier alpha value is 0.307. The summed E-state index contributed by atoms with van der Waals surface area (Å²) in [5, 5.41) is 0. The zero-order chi connectivity index (χ0) is 13.4. The van der Waals surface area contributed by atoms with Gasteiger partial charge in [-0.05, 0) is 6.92 Å². The first-order chi connectivity index (χ1) is 6.86. The van der Waals surface area contributed by atoms with Gasteiger partial charge in [0.15, 0.2) is 6.17 Å². The molecule has 0 nitrogen and oxygen atoms in total. The van der Waals surface area contributed by atoms with Gasteiger partial charge in [0.1, 0.15) is 0 Å². The number of halogens is 9. The van der Waals surface area contributed by atoms with E-state index in [1.165, 1.54) is 0 Å². The quantitative estimate of drug-likeness (QED) is 0.410. The minimum Gasteiger partial charge on any atom is -0.241 e. The molecular formula is C6H7Cl2F7Si. The lowest BCUT2D eigenvalue weighted by molar-refractivity contribution is -0.317. The highest BCUT2D eigenvalue weighted by Crippen LogP contribution is 2.50. The SMILES string of the molecule is CC(F)C(F)(F)C(F)(F)C(F)(F)C[SiH](Cl)Cl. The summed E-state index contributed by atoms with van der Waals surface area (Å²) in [7, 11) is -3.24. The number of rotatable bonds is 5. The molecule has 0 N–H and O–H groups in total. The molecule has 16 heavy (non-hydrogen) atoms. The molecule has 0 aromatic heterocycles. The highest BCUT2D eigenvalue weighted by atomic mass is 35.7. The van der Waals surface area contributed by atoms with Gasteiger partial charge in [0.05, 0.1) is 0 Å². The molecule has 0 fully saturated rings. The maximum absolute atomic E-state index is 12.8. The molecule has 10 heteroatoms. The molecule has 1 unspecified atom stereocenters. The summed E-state index contributed by atoms with van der Waals surface area (Å²) >= 11 is 9.90. The third kappa shape index (κ3) is 2.95. The molecular weight excluding hydrogens is 304 g/mol. The Bertz CT molecular complexity index is 243. The summed E-state index contributed by atoms with van der Waals surface area (Å²) in [5.41, 5.74) is 0. The topological polar surface area (TPSA) is 0 Å². The molecule has 0 radical (unpaired) electrons. The second-order valence-electron chi connectivity index (χ2n) is 3.11. The fraction of sp³-hybridized carbons (Fsp3) is 1.00. The number of hydrogen-bond donors (Lipinski definition) is 0. The Labute approximate surface area is 97.7 Å². The maximum atomic E-state index is 12.8. The Balaban J connectivity index is 5.17. The lowest BCUT2D eigenvalue weighted by atomic mass is 10.0. The van der Waals surface area contributed by atoms with Crippen LogP contribution in [0.2, 0.25) is 6.04 Å².